The molecule has 0 bridgehead atoms. The molecular formula is C16H31NO2S. The molecule has 2 rings (SSSR count). The summed E-state index contributed by atoms with van der Waals surface area (Å²) in [5.41, 5.74) is 0.195. The number of hydrogen-bond acceptors (Lipinski definition) is 4. The Morgan fingerprint density at radius 3 is 2.45 bits per heavy atom. The molecule has 20 heavy (non-hydrogen) atoms. The average Bonchev–Trinajstić information content (AvgIpc) is 2.80. The van der Waals surface area contributed by atoms with Crippen LogP contribution < -0.4 is 0 Å². The molecule has 0 unspecified atom stereocenters. The van der Waals surface area contributed by atoms with Crippen LogP contribution in [-0.2, 0) is 9.47 Å². The van der Waals surface area contributed by atoms with Crippen molar-refractivity contribution in [2.75, 3.05) is 19.8 Å². The van der Waals surface area contributed by atoms with Gasteiger partial charge in [0.1, 0.15) is 4.93 Å². The number of ether oxygens (including phenoxy) is 2. The van der Waals surface area contributed by atoms with Gasteiger partial charge in [-0.05, 0) is 66.8 Å². The fourth-order valence-corrected chi connectivity index (χ4v) is 3.51. The molecule has 4 heteroatoms. The first-order chi connectivity index (χ1) is 9.11. The first-order valence-electron chi connectivity index (χ1n) is 7.88. The molecule has 2 aliphatic heterocycles. The predicted molar refractivity (Wildman–Crippen MR) is 86.4 cm³/mol. The molecule has 0 saturated carbocycles. The number of fused-ring (bicyclic) bond motifs is 1. The summed E-state index contributed by atoms with van der Waals surface area (Å²) in [7, 11) is 0. The Balaban J connectivity index is 1.94. The minimum Gasteiger partial charge on any atom is -0.374 e. The molecule has 2 heterocycles. The van der Waals surface area contributed by atoms with Gasteiger partial charge in [-0.1, -0.05) is 0 Å². The van der Waals surface area contributed by atoms with Crippen LogP contribution in [0, 0.1) is 0 Å². The Morgan fingerprint density at radius 1 is 1.15 bits per heavy atom. The fourth-order valence-electron chi connectivity index (χ4n) is 3.45. The van der Waals surface area contributed by atoms with Crippen molar-refractivity contribution in [1.29, 1.82) is 0 Å². The minimum absolute atomic E-state index is 0.0471. The second kappa shape index (κ2) is 5.79. The van der Waals surface area contributed by atoms with E-state index in [-0.39, 0.29) is 16.1 Å². The van der Waals surface area contributed by atoms with Gasteiger partial charge < -0.3 is 9.47 Å². The number of thiol groups is 1. The summed E-state index contributed by atoms with van der Waals surface area (Å²) in [6.07, 6.45) is 4.99. The minimum atomic E-state index is -0.344. The lowest BCUT2D eigenvalue weighted by atomic mass is 9.95. The van der Waals surface area contributed by atoms with E-state index in [0.717, 1.165) is 13.2 Å². The Bertz CT molecular complexity index is 334. The lowest BCUT2D eigenvalue weighted by Crippen LogP contribution is -2.48. The van der Waals surface area contributed by atoms with E-state index in [2.05, 4.69) is 38.3 Å². The lowest BCUT2D eigenvalue weighted by Gasteiger charge is -2.37. The molecule has 0 aromatic carbocycles. The van der Waals surface area contributed by atoms with E-state index in [4.69, 9.17) is 9.47 Å². The van der Waals surface area contributed by atoms with Gasteiger partial charge in [-0.25, -0.2) is 0 Å². The monoisotopic (exact) mass is 301 g/mol. The van der Waals surface area contributed by atoms with Crippen LogP contribution in [0.25, 0.3) is 0 Å². The van der Waals surface area contributed by atoms with Gasteiger partial charge in [-0.2, -0.15) is 0 Å². The van der Waals surface area contributed by atoms with Crippen molar-refractivity contribution in [1.82, 2.24) is 4.90 Å². The average molecular weight is 301 g/mol. The molecule has 0 aromatic heterocycles. The zero-order valence-electron chi connectivity index (χ0n) is 13.7. The van der Waals surface area contributed by atoms with Crippen LogP contribution in [0.1, 0.15) is 60.3 Å². The molecule has 0 radical (unpaired) electrons. The quantitative estimate of drug-likeness (QED) is 0.620. The summed E-state index contributed by atoms with van der Waals surface area (Å²) < 4.78 is 12.0. The number of nitrogens with zero attached hydrogens (tertiary/aromatic N) is 1. The molecule has 3 nitrogen and oxygen atoms in total. The van der Waals surface area contributed by atoms with Crippen LogP contribution in [0.4, 0.5) is 0 Å². The molecule has 2 atom stereocenters. The van der Waals surface area contributed by atoms with Crippen molar-refractivity contribution < 1.29 is 9.47 Å². The number of rotatable bonds is 5. The Labute approximate surface area is 129 Å². The molecular weight excluding hydrogens is 270 g/mol. The van der Waals surface area contributed by atoms with E-state index in [1.807, 2.05) is 13.8 Å². The molecule has 0 aliphatic carbocycles. The van der Waals surface area contributed by atoms with E-state index in [1.165, 1.54) is 32.2 Å². The normalized spacial score (nSPS) is 31.8. The van der Waals surface area contributed by atoms with E-state index >= 15 is 0 Å². The third-order valence-corrected chi connectivity index (χ3v) is 4.57. The summed E-state index contributed by atoms with van der Waals surface area (Å²) in [5, 5.41) is 0. The van der Waals surface area contributed by atoms with Gasteiger partial charge in [0.25, 0.3) is 0 Å². The summed E-state index contributed by atoms with van der Waals surface area (Å²) in [6.45, 7) is 13.3. The van der Waals surface area contributed by atoms with Crippen LogP contribution >= 0.6 is 12.6 Å². The molecule has 0 spiro atoms. The Kier molecular flexibility index (Phi) is 4.80. The number of hydrogen-bond donors (Lipinski definition) is 1. The predicted octanol–water partition coefficient (Wildman–Crippen LogP) is 3.48. The highest BCUT2D eigenvalue weighted by atomic mass is 32.1. The highest BCUT2D eigenvalue weighted by Gasteiger charge is 2.49. The third-order valence-electron chi connectivity index (χ3n) is 4.44. The van der Waals surface area contributed by atoms with E-state index in [9.17, 15) is 0 Å². The van der Waals surface area contributed by atoms with E-state index in [0.29, 0.717) is 6.04 Å². The van der Waals surface area contributed by atoms with Crippen LogP contribution in [0.2, 0.25) is 0 Å². The molecule has 2 fully saturated rings. The molecule has 0 N–H and O–H groups in total. The summed E-state index contributed by atoms with van der Waals surface area (Å²) in [5.74, 6) is 0. The van der Waals surface area contributed by atoms with Gasteiger partial charge in [-0.15, -0.1) is 12.6 Å². The van der Waals surface area contributed by atoms with Gasteiger partial charge in [-0.3, -0.25) is 4.90 Å². The van der Waals surface area contributed by atoms with Crippen molar-refractivity contribution in [3.05, 3.63) is 0 Å². The lowest BCUT2D eigenvalue weighted by molar-refractivity contribution is -0.0528. The topological polar surface area (TPSA) is 21.7 Å². The molecule has 2 aliphatic rings. The maximum absolute atomic E-state index is 6.01. The zero-order chi connectivity index (χ0) is 15.0. The maximum atomic E-state index is 6.01. The second-order valence-electron chi connectivity index (χ2n) is 7.87. The second-order valence-corrected chi connectivity index (χ2v) is 8.95. The largest absolute Gasteiger partial charge is 0.374 e. The smallest absolute Gasteiger partial charge is 0.105 e. The van der Waals surface area contributed by atoms with Gasteiger partial charge in [0.2, 0.25) is 0 Å². The van der Waals surface area contributed by atoms with Gasteiger partial charge in [0, 0.05) is 11.6 Å². The summed E-state index contributed by atoms with van der Waals surface area (Å²) >= 11 is 4.49. The van der Waals surface area contributed by atoms with Crippen molar-refractivity contribution in [2.24, 2.45) is 0 Å². The highest BCUT2D eigenvalue weighted by molar-refractivity contribution is 7.81. The van der Waals surface area contributed by atoms with Crippen molar-refractivity contribution in [3.63, 3.8) is 0 Å². The van der Waals surface area contributed by atoms with Crippen molar-refractivity contribution >= 4 is 12.6 Å². The zero-order valence-corrected chi connectivity index (χ0v) is 14.6. The van der Waals surface area contributed by atoms with Gasteiger partial charge in [0.15, 0.2) is 0 Å². The third kappa shape index (κ3) is 4.12. The van der Waals surface area contributed by atoms with Crippen LogP contribution in [0.5, 0.6) is 0 Å². The SMILES string of the molecule is CC(C)(C)OC[C@@H]1CC[C@]2(COC(C)(C)S)CCCN12. The van der Waals surface area contributed by atoms with Crippen molar-refractivity contribution in [3.8, 4) is 0 Å². The highest BCUT2D eigenvalue weighted by Crippen LogP contribution is 2.43. The van der Waals surface area contributed by atoms with E-state index < -0.39 is 0 Å². The van der Waals surface area contributed by atoms with Crippen LogP contribution in [0.3, 0.4) is 0 Å². The maximum Gasteiger partial charge on any atom is 0.105 e. The fraction of sp³-hybridized carbons (Fsp3) is 1.00. The summed E-state index contributed by atoms with van der Waals surface area (Å²) in [4.78, 5) is 2.31. The first kappa shape index (κ1) is 16.6. The first-order valence-corrected chi connectivity index (χ1v) is 8.33. The molecule has 0 amide bonds. The standard InChI is InChI=1S/C16H31NO2S/c1-14(2,3)18-11-13-7-9-16(8-6-10-17(13)16)12-19-15(4,5)20/h13,20H,6-12H2,1-5H3/t13-,16-/m0/s1. The Morgan fingerprint density at radius 2 is 1.85 bits per heavy atom. The van der Waals surface area contributed by atoms with Crippen molar-refractivity contribution in [2.45, 2.75) is 82.4 Å². The van der Waals surface area contributed by atoms with E-state index in [1.54, 1.807) is 0 Å². The molecule has 0 aromatic rings. The van der Waals surface area contributed by atoms with Crippen LogP contribution in [-0.4, -0.2) is 46.8 Å². The molecule has 118 valence electrons. The summed E-state index contributed by atoms with van der Waals surface area (Å²) in [6, 6.07) is 0.559. The van der Waals surface area contributed by atoms with Crippen LogP contribution in [0.15, 0.2) is 0 Å². The van der Waals surface area contributed by atoms with Gasteiger partial charge in [0.05, 0.1) is 18.8 Å². The Hall–Kier alpha value is 0.230. The van der Waals surface area contributed by atoms with Gasteiger partial charge >= 0.3 is 0 Å². The molecule has 2 saturated heterocycles.